The zero-order chi connectivity index (χ0) is 28.1. The number of halogens is 1. The second-order valence-electron chi connectivity index (χ2n) is 9.49. The van der Waals surface area contributed by atoms with Crippen molar-refractivity contribution in [1.29, 1.82) is 0 Å². The van der Waals surface area contributed by atoms with Gasteiger partial charge in [-0.2, -0.15) is 0 Å². The number of carbonyl (C=O) groups excluding carboxylic acids is 1. The molecule has 1 fully saturated rings. The molecule has 0 unspecified atom stereocenters. The molecular weight excluding hydrogens is 537 g/mol. The van der Waals surface area contributed by atoms with Crippen molar-refractivity contribution in [3.63, 3.8) is 0 Å². The quantitative estimate of drug-likeness (QED) is 0.491. The lowest BCUT2D eigenvalue weighted by molar-refractivity contribution is 0.0988. The number of aliphatic imine (C=N–C) groups is 1. The van der Waals surface area contributed by atoms with E-state index in [1.807, 2.05) is 0 Å². The average molecular weight is 568 g/mol. The molecule has 2 N–H and O–H groups in total. The molecule has 1 aromatic heterocycles. The number of sulfonamides is 2. The highest BCUT2D eigenvalue weighted by Crippen LogP contribution is 2.52. The number of carbonyl (C=O) groups is 1. The Hall–Kier alpha value is -3.10. The Labute approximate surface area is 221 Å². The van der Waals surface area contributed by atoms with Crippen LogP contribution in [0.5, 0.6) is 5.75 Å². The summed E-state index contributed by atoms with van der Waals surface area (Å²) in [5, 5.41) is 0. The van der Waals surface area contributed by atoms with Crippen LogP contribution in [0.25, 0.3) is 0 Å². The summed E-state index contributed by atoms with van der Waals surface area (Å²) in [5.41, 5.74) is 4.70. The molecule has 1 spiro atoms. The number of pyridine rings is 1. The smallest absolute Gasteiger partial charge is 0.247 e. The van der Waals surface area contributed by atoms with E-state index >= 15 is 4.39 Å². The third-order valence-electron chi connectivity index (χ3n) is 7.53. The van der Waals surface area contributed by atoms with Gasteiger partial charge in [0.2, 0.25) is 26.0 Å². The Morgan fingerprint density at radius 3 is 2.58 bits per heavy atom. The average Bonchev–Trinajstić information content (AvgIpc) is 3.37. The first-order valence-electron chi connectivity index (χ1n) is 11.9. The van der Waals surface area contributed by atoms with E-state index in [2.05, 4.69) is 9.98 Å². The number of hydrogen-bond acceptors (Lipinski definition) is 9. The van der Waals surface area contributed by atoms with Crippen LogP contribution in [-0.4, -0.2) is 79.9 Å². The van der Waals surface area contributed by atoms with E-state index in [9.17, 15) is 21.6 Å². The van der Waals surface area contributed by atoms with Crippen molar-refractivity contribution in [2.24, 2.45) is 10.7 Å². The Kier molecular flexibility index (Phi) is 7.04. The van der Waals surface area contributed by atoms with E-state index in [1.54, 1.807) is 6.07 Å². The number of hydrogen-bond donors (Lipinski definition) is 1. The van der Waals surface area contributed by atoms with Crippen molar-refractivity contribution in [2.45, 2.75) is 37.0 Å². The van der Waals surface area contributed by atoms with Crippen LogP contribution in [0.15, 0.2) is 41.5 Å². The molecule has 2 atom stereocenters. The van der Waals surface area contributed by atoms with Gasteiger partial charge in [-0.1, -0.05) is 6.07 Å². The second kappa shape index (κ2) is 9.58. The van der Waals surface area contributed by atoms with Crippen LogP contribution >= 0.6 is 0 Å². The lowest BCUT2D eigenvalue weighted by Crippen LogP contribution is -2.66. The molecule has 0 amide bonds. The van der Waals surface area contributed by atoms with Crippen molar-refractivity contribution in [2.75, 3.05) is 33.0 Å². The fraction of sp³-hybridized carbons (Fsp3) is 0.458. The van der Waals surface area contributed by atoms with Gasteiger partial charge >= 0.3 is 0 Å². The van der Waals surface area contributed by atoms with Gasteiger partial charge in [-0.05, 0) is 50.1 Å². The summed E-state index contributed by atoms with van der Waals surface area (Å²) in [6.45, 7) is 2.43. The highest BCUT2D eigenvalue weighted by atomic mass is 32.2. The fourth-order valence-electron chi connectivity index (χ4n) is 5.12. The summed E-state index contributed by atoms with van der Waals surface area (Å²) in [6, 6.07) is 7.07. The summed E-state index contributed by atoms with van der Waals surface area (Å²) >= 11 is 0. The first-order valence-corrected chi connectivity index (χ1v) is 14.9. The molecule has 14 heteroatoms. The van der Waals surface area contributed by atoms with E-state index < -0.39 is 42.7 Å². The van der Waals surface area contributed by atoms with Crippen molar-refractivity contribution in [3.05, 3.63) is 59.2 Å². The summed E-state index contributed by atoms with van der Waals surface area (Å²) in [7, 11) is -5.32. The lowest BCUT2D eigenvalue weighted by atomic mass is 9.77. The minimum atomic E-state index is -4.29. The number of rotatable bonds is 7. The van der Waals surface area contributed by atoms with Gasteiger partial charge in [-0.25, -0.2) is 39.8 Å². The van der Waals surface area contributed by atoms with Crippen LogP contribution in [0.4, 0.5) is 4.39 Å². The lowest BCUT2D eigenvalue weighted by Gasteiger charge is -2.48. The van der Waals surface area contributed by atoms with E-state index in [1.165, 1.54) is 52.4 Å². The Bertz CT molecular complexity index is 1510. The van der Waals surface area contributed by atoms with Gasteiger partial charge < -0.3 is 10.5 Å². The third kappa shape index (κ3) is 4.24. The molecule has 38 heavy (non-hydrogen) atoms. The monoisotopic (exact) mass is 567 g/mol. The maximum Gasteiger partial charge on any atom is 0.247 e. The predicted molar refractivity (Wildman–Crippen MR) is 139 cm³/mol. The highest BCUT2D eigenvalue weighted by molar-refractivity contribution is 7.91. The SMILES string of the molecule is CCS(=O)(=O)N1CC[C@]2(C1)[C@@](C)(c1cc(CC(=O)c3ccc(OC)cn3)ccc1F)N=C(N)N(C)S2(=O)=O. The normalized spacial score (nSPS) is 25.4. The molecule has 206 valence electrons. The van der Waals surface area contributed by atoms with Gasteiger partial charge in [0.25, 0.3) is 0 Å². The van der Waals surface area contributed by atoms with Crippen molar-refractivity contribution < 1.29 is 30.8 Å². The molecule has 2 aliphatic heterocycles. The van der Waals surface area contributed by atoms with Gasteiger partial charge in [0, 0.05) is 32.1 Å². The van der Waals surface area contributed by atoms with Gasteiger partial charge in [0.15, 0.2) is 5.78 Å². The number of nitrogens with two attached hydrogens (primary N) is 1. The van der Waals surface area contributed by atoms with Crippen LogP contribution in [0, 0.1) is 5.82 Å². The van der Waals surface area contributed by atoms with E-state index in [4.69, 9.17) is 10.5 Å². The maximum atomic E-state index is 15.5. The minimum absolute atomic E-state index is 0.0722. The Morgan fingerprint density at radius 2 is 1.97 bits per heavy atom. The number of methoxy groups -OCH3 is 1. The van der Waals surface area contributed by atoms with E-state index in [-0.39, 0.29) is 48.1 Å². The van der Waals surface area contributed by atoms with Crippen molar-refractivity contribution in [3.8, 4) is 5.75 Å². The molecule has 2 aromatic rings. The van der Waals surface area contributed by atoms with Crippen molar-refractivity contribution >= 4 is 31.8 Å². The molecule has 0 radical (unpaired) electrons. The number of benzene rings is 1. The number of aromatic nitrogens is 1. The summed E-state index contributed by atoms with van der Waals surface area (Å²) in [4.78, 5) is 21.4. The molecule has 2 aliphatic rings. The molecule has 11 nitrogen and oxygen atoms in total. The maximum absolute atomic E-state index is 15.5. The second-order valence-corrected chi connectivity index (χ2v) is 14.0. The summed E-state index contributed by atoms with van der Waals surface area (Å²) in [5.74, 6) is -1.17. The Balaban J connectivity index is 1.81. The zero-order valence-corrected chi connectivity index (χ0v) is 23.1. The largest absolute Gasteiger partial charge is 0.495 e. The van der Waals surface area contributed by atoms with Crippen LogP contribution in [-0.2, 0) is 32.0 Å². The van der Waals surface area contributed by atoms with Crippen molar-refractivity contribution in [1.82, 2.24) is 13.6 Å². The molecular formula is C24H30FN5O6S2. The van der Waals surface area contributed by atoms with Crippen LogP contribution in [0.2, 0.25) is 0 Å². The van der Waals surface area contributed by atoms with E-state index in [0.717, 1.165) is 14.7 Å². The molecule has 1 aromatic carbocycles. The fourth-order valence-corrected chi connectivity index (χ4v) is 8.49. The first-order chi connectivity index (χ1) is 17.7. The number of nitrogens with zero attached hydrogens (tertiary/aromatic N) is 4. The standard InChI is InChI=1S/C24H30FN5O6S2/c1-5-37(32,33)30-11-10-24(15-30)23(2,28-22(26)29(3)38(24,34)35)18-12-16(6-8-19(18)25)13-21(31)20-9-7-17(36-4)14-27-20/h6-9,12,14H,5,10-11,13,15H2,1-4H3,(H2,26,28)/t23-,24+/m1/s1. The molecule has 0 saturated carbocycles. The van der Waals surface area contributed by atoms with Crippen LogP contribution in [0.3, 0.4) is 0 Å². The molecule has 3 heterocycles. The number of guanidine groups is 1. The third-order valence-corrected chi connectivity index (χ3v) is 12.0. The van der Waals surface area contributed by atoms with Gasteiger partial charge in [-0.15, -0.1) is 0 Å². The van der Waals surface area contributed by atoms with Crippen LogP contribution < -0.4 is 10.5 Å². The predicted octanol–water partition coefficient (Wildman–Crippen LogP) is 1.25. The zero-order valence-electron chi connectivity index (χ0n) is 21.5. The van der Waals surface area contributed by atoms with E-state index in [0.29, 0.717) is 11.3 Å². The number of Topliss-reactive ketones (excluding diaryl/α,β-unsaturated/α-hetero) is 1. The van der Waals surface area contributed by atoms with Gasteiger partial charge in [-0.3, -0.25) is 4.79 Å². The Morgan fingerprint density at radius 1 is 1.26 bits per heavy atom. The molecule has 0 aliphatic carbocycles. The number of ketones is 1. The van der Waals surface area contributed by atoms with Gasteiger partial charge in [0.1, 0.15) is 27.5 Å². The number of ether oxygens (including phenoxy) is 1. The highest BCUT2D eigenvalue weighted by Gasteiger charge is 2.67. The summed E-state index contributed by atoms with van der Waals surface area (Å²) < 4.78 is 73.7. The molecule has 1 saturated heterocycles. The molecule has 0 bridgehead atoms. The minimum Gasteiger partial charge on any atom is -0.495 e. The van der Waals surface area contributed by atoms with Gasteiger partial charge in [0.05, 0.1) is 19.1 Å². The first kappa shape index (κ1) is 27.9. The summed E-state index contributed by atoms with van der Waals surface area (Å²) in [6.07, 6.45) is 1.15. The topological polar surface area (TPSA) is 152 Å². The van der Waals surface area contributed by atoms with Crippen LogP contribution in [0.1, 0.15) is 41.9 Å². The molecule has 4 rings (SSSR count).